The average Bonchev–Trinajstić information content (AvgIpc) is 1.61. The summed E-state index contributed by atoms with van der Waals surface area (Å²) in [6.45, 7) is 22.8. The number of nitrogens with zero attached hydrogens (tertiary/aromatic N) is 10. The molecule has 3 aromatic heterocycles. The molecule has 0 bridgehead atoms. The van der Waals surface area contributed by atoms with Crippen molar-refractivity contribution in [2.24, 2.45) is 20.6 Å². The first-order valence-corrected chi connectivity index (χ1v) is 33.1. The van der Waals surface area contributed by atoms with Crippen molar-refractivity contribution in [1.82, 2.24) is 30.9 Å². The number of carbonyl (C=O) groups is 4. The Hall–Kier alpha value is -9.87. The molecule has 0 saturated carbocycles. The number of ether oxygens (including phenoxy) is 1. The van der Waals surface area contributed by atoms with E-state index in [2.05, 4.69) is 83.1 Å². The van der Waals surface area contributed by atoms with Crippen LogP contribution in [-0.4, -0.2) is 150 Å². The maximum atomic E-state index is 13.8. The van der Waals surface area contributed by atoms with Gasteiger partial charge in [-0.1, -0.05) is 112 Å². The number of aryl methyl sites for hydroxylation is 1. The van der Waals surface area contributed by atoms with Crippen molar-refractivity contribution >= 4 is 80.2 Å². The molecule has 6 aliphatic heterocycles. The van der Waals surface area contributed by atoms with E-state index in [0.29, 0.717) is 71.1 Å². The number of rotatable bonds is 16. The highest BCUT2D eigenvalue weighted by atomic mass is 16.7. The number of carbonyl (C=O) groups excluding carboxylic acids is 4. The molecule has 3 N–H and O–H groups in total. The van der Waals surface area contributed by atoms with E-state index in [1.54, 1.807) is 101 Å². The van der Waals surface area contributed by atoms with Gasteiger partial charge < -0.3 is 44.9 Å². The zero-order valence-electron chi connectivity index (χ0n) is 56.6. The first-order chi connectivity index (χ1) is 46.8. The van der Waals surface area contributed by atoms with Crippen LogP contribution in [0.3, 0.4) is 0 Å². The van der Waals surface area contributed by atoms with E-state index in [0.717, 1.165) is 109 Å². The van der Waals surface area contributed by atoms with Gasteiger partial charge in [-0.25, -0.2) is 15.0 Å². The summed E-state index contributed by atoms with van der Waals surface area (Å²) in [5.74, 6) is 1.64. The van der Waals surface area contributed by atoms with Gasteiger partial charge in [-0.05, 0) is 166 Å². The Morgan fingerprint density at radius 2 is 0.990 bits per heavy atom. The summed E-state index contributed by atoms with van der Waals surface area (Å²) in [6.07, 6.45) is 11.3. The van der Waals surface area contributed by atoms with Gasteiger partial charge in [-0.3, -0.25) is 29.0 Å². The molecule has 7 aromatic rings. The number of methoxy groups -OCH3 is 1. The number of hydrogen-bond donors (Lipinski definition) is 3. The predicted octanol–water partition coefficient (Wildman–Crippen LogP) is 10.6. The van der Waals surface area contributed by atoms with Gasteiger partial charge in [0.25, 0.3) is 11.8 Å². The van der Waals surface area contributed by atoms with E-state index in [-0.39, 0.29) is 46.9 Å². The molecule has 22 nitrogen and oxygen atoms in total. The fourth-order valence-electron chi connectivity index (χ4n) is 12.7. The highest BCUT2D eigenvalue weighted by Crippen LogP contribution is 2.35. The predicted molar refractivity (Wildman–Crippen MR) is 377 cm³/mol. The number of oxime groups is 4. The molecule has 6 aliphatic rings. The van der Waals surface area contributed by atoms with Crippen molar-refractivity contribution in [3.05, 3.63) is 197 Å². The van der Waals surface area contributed by atoms with E-state index in [1.807, 2.05) is 85.6 Å². The van der Waals surface area contributed by atoms with Crippen LogP contribution in [0.2, 0.25) is 0 Å². The lowest BCUT2D eigenvalue weighted by Gasteiger charge is -2.37. The first kappa shape index (κ1) is 68.5. The molecule has 13 rings (SSSR count). The van der Waals surface area contributed by atoms with E-state index in [1.165, 1.54) is 7.11 Å². The number of fused-ring (bicyclic) bond motifs is 1. The summed E-state index contributed by atoms with van der Waals surface area (Å²) in [6, 6.07) is 40.2. The summed E-state index contributed by atoms with van der Waals surface area (Å²) in [5.41, 5.74) is 6.54. The number of pyridine rings is 3. The molecule has 0 spiro atoms. The Kier molecular flexibility index (Phi) is 21.2. The van der Waals surface area contributed by atoms with Crippen LogP contribution in [0, 0.1) is 6.92 Å². The number of hydrogen-bond acceptors (Lipinski definition) is 20. The Bertz CT molecular complexity index is 4140. The number of ketones is 2. The minimum atomic E-state index is -0.967. The van der Waals surface area contributed by atoms with Gasteiger partial charge in [-0.2, -0.15) is 0 Å². The SMILES string of the molecule is C=C(c1ccc(C2=NOC(C)(C)/C2=N\OC)cc1)N(c1ncccc1C)[C@@H]1CCCNC1.CC1(C)ON=C(c2ccc(C(=O)N(c3nccc4ccccc34)[C@@H]3CCCNC3)cc2)C1=O.COCc1cccnc1N(C(=O)c1ccc(C2=NOC(C)(C)C2=O)cc1)[C@@H]1CCCNC1. The zero-order chi connectivity index (χ0) is 68.4. The van der Waals surface area contributed by atoms with Crippen molar-refractivity contribution in [3.63, 3.8) is 0 Å². The van der Waals surface area contributed by atoms with Crippen molar-refractivity contribution in [2.45, 2.75) is 129 Å². The van der Waals surface area contributed by atoms with E-state index in [4.69, 9.17) is 29.1 Å². The van der Waals surface area contributed by atoms with E-state index in [9.17, 15) is 19.2 Å². The van der Waals surface area contributed by atoms with Gasteiger partial charge in [0.2, 0.25) is 11.6 Å². The molecular weight excluding hydrogens is 1230 g/mol. The summed E-state index contributed by atoms with van der Waals surface area (Å²) in [7, 11) is 3.16. The van der Waals surface area contributed by atoms with Crippen molar-refractivity contribution < 1.29 is 43.3 Å². The number of nitrogens with one attached hydrogen (secondary N) is 3. The molecule has 0 aliphatic carbocycles. The molecule has 504 valence electrons. The van der Waals surface area contributed by atoms with Crippen molar-refractivity contribution in [3.8, 4) is 0 Å². The van der Waals surface area contributed by atoms with Gasteiger partial charge in [0, 0.05) is 95.8 Å². The topological polar surface area (TPSA) is 248 Å². The molecular formula is C75H85N13O9. The van der Waals surface area contributed by atoms with Gasteiger partial charge >= 0.3 is 0 Å². The molecule has 22 heteroatoms. The lowest BCUT2D eigenvalue weighted by molar-refractivity contribution is -0.128. The van der Waals surface area contributed by atoms with E-state index < -0.39 is 16.8 Å². The maximum Gasteiger partial charge on any atom is 0.259 e. The lowest BCUT2D eigenvalue weighted by atomic mass is 9.94. The van der Waals surface area contributed by atoms with Crippen LogP contribution in [0.4, 0.5) is 17.5 Å². The Morgan fingerprint density at radius 3 is 1.47 bits per heavy atom. The molecule has 0 radical (unpaired) electrons. The standard InChI is InChI=1S/C26H26N4O3.C25H31N5O2.C24H28N4O4/c1-26(2)23(31)22(29-33-26)18-9-11-19(12-10-18)25(32)30(20-7-5-14-27-16-20)24-21-8-4-3-6-17(21)13-15-28-24;1-17-8-6-15-27-24(17)30(21-9-7-14-26-16-21)18(2)19-10-12-20(13-11-19)22-23(29-31-5)25(3,4)32-28-22;1-24(2)21(29)20(27-32-24)16-8-10-17(11-9-16)23(30)28(19-7-5-12-25-14-19)22-18(15-31-3)6-4-13-26-22/h3-4,6,8-13,15,20,27H,5,7,14,16H2,1-2H3;6,8,10-13,15,21,26H,2,7,9,14,16H2,1,3-5H3;4,6,8-11,13,19,25H,5,7,12,14-15H2,1-3H3/b;29-23-;/t20-;21-;19-/m111/s1. The average molecular weight is 1310 g/mol. The molecule has 9 heterocycles. The van der Waals surface area contributed by atoms with Gasteiger partial charge in [0.1, 0.15) is 30.3 Å². The highest BCUT2D eigenvalue weighted by Gasteiger charge is 2.43. The number of aromatic nitrogens is 3. The van der Waals surface area contributed by atoms with Gasteiger partial charge in [0.05, 0.1) is 18.7 Å². The molecule has 3 fully saturated rings. The van der Waals surface area contributed by atoms with Crippen LogP contribution >= 0.6 is 0 Å². The first-order valence-electron chi connectivity index (χ1n) is 33.1. The van der Waals surface area contributed by atoms with Crippen LogP contribution in [-0.2, 0) is 40.3 Å². The highest BCUT2D eigenvalue weighted by molar-refractivity contribution is 6.51. The second-order valence-corrected chi connectivity index (χ2v) is 26.2. The Labute approximate surface area is 566 Å². The number of piperidine rings is 3. The van der Waals surface area contributed by atoms with Crippen LogP contribution in [0.1, 0.15) is 134 Å². The van der Waals surface area contributed by atoms with Crippen LogP contribution < -0.4 is 30.7 Å². The third-order valence-corrected chi connectivity index (χ3v) is 18.0. The van der Waals surface area contributed by atoms with Crippen LogP contribution in [0.5, 0.6) is 0 Å². The Morgan fingerprint density at radius 1 is 0.536 bits per heavy atom. The fraction of sp³-hybridized carbons (Fsp3) is 0.373. The summed E-state index contributed by atoms with van der Waals surface area (Å²) in [4.78, 5) is 93.4. The van der Waals surface area contributed by atoms with Crippen LogP contribution in [0.25, 0.3) is 16.5 Å². The maximum absolute atomic E-state index is 13.8. The molecule has 0 unspecified atom stereocenters. The minimum Gasteiger partial charge on any atom is -0.399 e. The third-order valence-electron chi connectivity index (χ3n) is 18.0. The van der Waals surface area contributed by atoms with Gasteiger partial charge in [-0.15, -0.1) is 0 Å². The third kappa shape index (κ3) is 15.1. The van der Waals surface area contributed by atoms with Crippen molar-refractivity contribution in [1.29, 1.82) is 0 Å². The smallest absolute Gasteiger partial charge is 0.259 e. The quantitative estimate of drug-likeness (QED) is 0.0761. The molecule has 2 amide bonds. The second kappa shape index (κ2) is 30.0. The number of benzene rings is 4. The monoisotopic (exact) mass is 1310 g/mol. The number of amides is 2. The molecule has 3 saturated heterocycles. The molecule has 4 aromatic carbocycles. The Balaban J connectivity index is 0.000000148. The fourth-order valence-corrected chi connectivity index (χ4v) is 12.7. The summed E-state index contributed by atoms with van der Waals surface area (Å²) < 4.78 is 5.34. The zero-order valence-corrected chi connectivity index (χ0v) is 56.6. The van der Waals surface area contributed by atoms with E-state index >= 15 is 0 Å². The van der Waals surface area contributed by atoms with Gasteiger partial charge in [0.15, 0.2) is 33.9 Å². The number of anilines is 3. The summed E-state index contributed by atoms with van der Waals surface area (Å²) >= 11 is 0. The molecule has 3 atom stereocenters. The normalized spacial score (nSPS) is 20.2. The largest absolute Gasteiger partial charge is 0.399 e. The molecule has 97 heavy (non-hydrogen) atoms. The van der Waals surface area contributed by atoms with Crippen molar-refractivity contribution in [2.75, 3.05) is 68.2 Å². The lowest BCUT2D eigenvalue weighted by Crippen LogP contribution is -2.49. The number of Topliss-reactive ketones (excluding diaryl/α,β-unsaturated/α-hetero) is 2. The minimum absolute atomic E-state index is 0.000725. The van der Waals surface area contributed by atoms with Crippen LogP contribution in [0.15, 0.2) is 173 Å². The second-order valence-electron chi connectivity index (χ2n) is 26.2. The summed E-state index contributed by atoms with van der Waals surface area (Å²) in [5, 5.41) is 28.6.